The number of oxime groups is 1. The van der Waals surface area contributed by atoms with Gasteiger partial charge in [-0.25, -0.2) is 4.39 Å². The molecular formula is C20H17ClF4N2O2. The monoisotopic (exact) mass is 428 g/mol. The Labute approximate surface area is 169 Å². The van der Waals surface area contributed by atoms with Gasteiger partial charge in [0.15, 0.2) is 0 Å². The molecule has 2 aromatic carbocycles. The van der Waals surface area contributed by atoms with E-state index < -0.39 is 30.8 Å². The molecule has 1 amide bonds. The molecule has 0 aliphatic carbocycles. The Bertz CT molecular complexity index is 944. The highest BCUT2D eigenvalue weighted by molar-refractivity contribution is 6.30. The van der Waals surface area contributed by atoms with E-state index in [1.165, 1.54) is 36.4 Å². The summed E-state index contributed by atoms with van der Waals surface area (Å²) in [5.74, 6) is -0.456. The maximum atomic E-state index is 13.9. The first-order chi connectivity index (χ1) is 13.7. The number of rotatable bonds is 5. The van der Waals surface area contributed by atoms with Crippen molar-refractivity contribution in [2.75, 3.05) is 13.2 Å². The van der Waals surface area contributed by atoms with Crippen molar-refractivity contribution in [2.45, 2.75) is 25.1 Å². The fourth-order valence-electron chi connectivity index (χ4n) is 3.13. The number of aryl methyl sites for hydroxylation is 1. The number of carbonyl (C=O) groups excluding carboxylic acids is 1. The summed E-state index contributed by atoms with van der Waals surface area (Å²) in [5.41, 5.74) is -1.37. The number of benzene rings is 2. The Morgan fingerprint density at radius 3 is 2.52 bits per heavy atom. The van der Waals surface area contributed by atoms with Crippen molar-refractivity contribution in [3.8, 4) is 0 Å². The zero-order chi connectivity index (χ0) is 21.2. The lowest BCUT2D eigenvalue weighted by atomic mass is 9.86. The van der Waals surface area contributed by atoms with Crippen LogP contribution in [0.3, 0.4) is 0 Å². The quantitative estimate of drug-likeness (QED) is 0.686. The molecule has 29 heavy (non-hydrogen) atoms. The molecule has 1 unspecified atom stereocenters. The molecule has 4 nitrogen and oxygen atoms in total. The summed E-state index contributed by atoms with van der Waals surface area (Å²) in [6.07, 6.45) is -5.24. The molecule has 1 atom stereocenters. The minimum Gasteiger partial charge on any atom is -0.374 e. The van der Waals surface area contributed by atoms with Gasteiger partial charge in [0.05, 0.1) is 5.71 Å². The molecule has 1 aliphatic heterocycles. The third-order valence-corrected chi connectivity index (χ3v) is 4.93. The van der Waals surface area contributed by atoms with Crippen LogP contribution in [-0.2, 0) is 10.4 Å². The Morgan fingerprint density at radius 1 is 1.24 bits per heavy atom. The Morgan fingerprint density at radius 2 is 1.93 bits per heavy atom. The maximum Gasteiger partial charge on any atom is 0.435 e. The summed E-state index contributed by atoms with van der Waals surface area (Å²) in [6, 6.07) is 9.77. The first-order valence-corrected chi connectivity index (χ1v) is 9.09. The molecule has 1 N–H and O–H groups in total. The summed E-state index contributed by atoms with van der Waals surface area (Å²) < 4.78 is 54.1. The van der Waals surface area contributed by atoms with Crippen LogP contribution >= 0.6 is 11.6 Å². The number of nitrogens with one attached hydrogen (secondary N) is 1. The van der Waals surface area contributed by atoms with E-state index in [9.17, 15) is 22.4 Å². The van der Waals surface area contributed by atoms with E-state index in [2.05, 4.69) is 10.5 Å². The number of hydrogen-bond donors (Lipinski definition) is 1. The molecule has 0 spiro atoms. The zero-order valence-corrected chi connectivity index (χ0v) is 16.1. The van der Waals surface area contributed by atoms with Crippen LogP contribution in [0, 0.1) is 6.92 Å². The summed E-state index contributed by atoms with van der Waals surface area (Å²) in [5, 5.41) is 6.42. The summed E-state index contributed by atoms with van der Waals surface area (Å²) in [7, 11) is 0. The van der Waals surface area contributed by atoms with Crippen LogP contribution in [0.25, 0.3) is 0 Å². The van der Waals surface area contributed by atoms with Gasteiger partial charge in [-0.2, -0.15) is 13.2 Å². The van der Waals surface area contributed by atoms with Gasteiger partial charge in [-0.15, -0.1) is 0 Å². The van der Waals surface area contributed by atoms with Crippen LogP contribution in [0.5, 0.6) is 0 Å². The number of nitrogens with zero attached hydrogens (tertiary/aromatic N) is 1. The predicted molar refractivity (Wildman–Crippen MR) is 101 cm³/mol. The molecule has 0 saturated heterocycles. The van der Waals surface area contributed by atoms with Crippen LogP contribution in [0.1, 0.15) is 33.5 Å². The predicted octanol–water partition coefficient (Wildman–Crippen LogP) is 4.93. The van der Waals surface area contributed by atoms with E-state index in [-0.39, 0.29) is 17.8 Å². The Hall–Kier alpha value is -2.61. The molecule has 0 saturated carbocycles. The van der Waals surface area contributed by atoms with E-state index in [0.29, 0.717) is 21.7 Å². The molecule has 0 bridgehead atoms. The van der Waals surface area contributed by atoms with Gasteiger partial charge in [0.1, 0.15) is 6.67 Å². The second-order valence-electron chi connectivity index (χ2n) is 6.61. The van der Waals surface area contributed by atoms with Crippen molar-refractivity contribution in [3.05, 3.63) is 69.7 Å². The minimum absolute atomic E-state index is 0.105. The molecule has 1 aliphatic rings. The largest absolute Gasteiger partial charge is 0.435 e. The summed E-state index contributed by atoms with van der Waals surface area (Å²) in [6.45, 7) is 0.831. The van der Waals surface area contributed by atoms with Crippen LogP contribution < -0.4 is 5.32 Å². The lowest BCUT2D eigenvalue weighted by Gasteiger charge is -2.29. The van der Waals surface area contributed by atoms with E-state index >= 15 is 0 Å². The molecule has 0 radical (unpaired) electrons. The third-order valence-electron chi connectivity index (χ3n) is 4.68. The van der Waals surface area contributed by atoms with Gasteiger partial charge < -0.3 is 10.2 Å². The second-order valence-corrected chi connectivity index (χ2v) is 7.05. The van der Waals surface area contributed by atoms with Crippen molar-refractivity contribution in [1.82, 2.24) is 5.32 Å². The first kappa shape index (κ1) is 21.1. The zero-order valence-electron chi connectivity index (χ0n) is 15.3. The highest BCUT2D eigenvalue weighted by atomic mass is 35.5. The SMILES string of the molecule is Cc1cc(C2=NOC(c3ccc(Cl)cc3)(C(F)(F)F)C2)ccc1C(=O)NCCF. The number of amides is 1. The summed E-state index contributed by atoms with van der Waals surface area (Å²) in [4.78, 5) is 17.0. The number of alkyl halides is 4. The van der Waals surface area contributed by atoms with E-state index in [0.717, 1.165) is 0 Å². The van der Waals surface area contributed by atoms with Gasteiger partial charge in [0.2, 0.25) is 0 Å². The number of hydrogen-bond acceptors (Lipinski definition) is 3. The lowest BCUT2D eigenvalue weighted by molar-refractivity contribution is -0.275. The van der Waals surface area contributed by atoms with Crippen LogP contribution in [0.2, 0.25) is 5.02 Å². The average Bonchev–Trinajstić information content (AvgIpc) is 3.13. The van der Waals surface area contributed by atoms with Gasteiger partial charge in [0.25, 0.3) is 11.5 Å². The fraction of sp³-hybridized carbons (Fsp3) is 0.300. The molecule has 154 valence electrons. The fourth-order valence-corrected chi connectivity index (χ4v) is 3.26. The molecular weight excluding hydrogens is 412 g/mol. The van der Waals surface area contributed by atoms with E-state index in [1.807, 2.05) is 0 Å². The van der Waals surface area contributed by atoms with Gasteiger partial charge >= 0.3 is 6.18 Å². The Kier molecular flexibility index (Phi) is 5.84. The van der Waals surface area contributed by atoms with Crippen molar-refractivity contribution in [1.29, 1.82) is 0 Å². The highest BCUT2D eigenvalue weighted by Gasteiger charge is 2.62. The summed E-state index contributed by atoms with van der Waals surface area (Å²) >= 11 is 5.79. The number of carbonyl (C=O) groups is 1. The van der Waals surface area contributed by atoms with E-state index in [1.54, 1.807) is 13.0 Å². The molecule has 3 rings (SSSR count). The maximum absolute atomic E-state index is 13.9. The third kappa shape index (κ3) is 4.07. The molecule has 0 fully saturated rings. The second kappa shape index (κ2) is 8.02. The van der Waals surface area contributed by atoms with Crippen LogP contribution in [-0.4, -0.2) is 31.0 Å². The van der Waals surface area contributed by atoms with Crippen LogP contribution in [0.15, 0.2) is 47.6 Å². The highest BCUT2D eigenvalue weighted by Crippen LogP contribution is 2.48. The lowest BCUT2D eigenvalue weighted by Crippen LogP contribution is -2.42. The van der Waals surface area contributed by atoms with Crippen molar-refractivity contribution < 1.29 is 27.2 Å². The van der Waals surface area contributed by atoms with Gasteiger partial charge in [-0.1, -0.05) is 35.0 Å². The topological polar surface area (TPSA) is 50.7 Å². The molecule has 0 aromatic heterocycles. The smallest absolute Gasteiger partial charge is 0.374 e. The number of halogens is 5. The first-order valence-electron chi connectivity index (χ1n) is 8.71. The molecule has 9 heteroatoms. The van der Waals surface area contributed by atoms with Crippen molar-refractivity contribution in [2.24, 2.45) is 5.16 Å². The standard InChI is InChI=1S/C20H17ClF4N2O2/c1-12-10-13(2-7-16(12)18(28)26-9-8-22)17-11-19(29-27-17,20(23,24)25)14-3-5-15(21)6-4-14/h2-7,10H,8-9,11H2,1H3,(H,26,28). The van der Waals surface area contributed by atoms with E-state index in [4.69, 9.17) is 16.4 Å². The Balaban J connectivity index is 1.89. The van der Waals surface area contributed by atoms with Gasteiger partial charge in [0, 0.05) is 29.1 Å². The van der Waals surface area contributed by atoms with Crippen molar-refractivity contribution >= 4 is 23.2 Å². The van der Waals surface area contributed by atoms with Gasteiger partial charge in [-0.05, 0) is 42.3 Å². The van der Waals surface area contributed by atoms with Gasteiger partial charge in [-0.3, -0.25) is 4.79 Å². The van der Waals surface area contributed by atoms with Crippen LogP contribution in [0.4, 0.5) is 17.6 Å². The van der Waals surface area contributed by atoms with Crippen molar-refractivity contribution in [3.63, 3.8) is 0 Å². The molecule has 2 aromatic rings. The average molecular weight is 429 g/mol. The minimum atomic E-state index is -4.71. The molecule has 1 heterocycles. The normalized spacial score (nSPS) is 18.9.